The molecular weight excluding hydrogens is 320 g/mol. The molecule has 0 bridgehead atoms. The van der Waals surface area contributed by atoms with Crippen LogP contribution in [0.25, 0.3) is 16.3 Å². The van der Waals surface area contributed by atoms with Crippen LogP contribution >= 0.6 is 11.3 Å². The molecule has 0 amide bonds. The zero-order chi connectivity index (χ0) is 16.7. The van der Waals surface area contributed by atoms with Gasteiger partial charge in [0.25, 0.3) is 0 Å². The van der Waals surface area contributed by atoms with Crippen molar-refractivity contribution in [2.24, 2.45) is 7.05 Å². The molecule has 122 valence electrons. The number of aryl methyl sites for hydroxylation is 5. The number of nitrogens with zero attached hydrogens (tertiary/aromatic N) is 6. The van der Waals surface area contributed by atoms with Crippen molar-refractivity contribution in [1.29, 1.82) is 0 Å². The minimum absolute atomic E-state index is 0.765. The number of aromatic nitrogens is 6. The molecule has 0 aliphatic heterocycles. The molecule has 4 aromatic heterocycles. The fourth-order valence-electron chi connectivity index (χ4n) is 2.77. The van der Waals surface area contributed by atoms with Crippen molar-refractivity contribution >= 4 is 17.0 Å². The lowest BCUT2D eigenvalue weighted by atomic mass is 10.2. The van der Waals surface area contributed by atoms with Crippen LogP contribution in [0.4, 0.5) is 0 Å². The number of thiophene rings is 1. The summed E-state index contributed by atoms with van der Waals surface area (Å²) in [6.45, 7) is 3.95. The minimum atomic E-state index is 0.765. The predicted octanol–water partition coefficient (Wildman–Crippen LogP) is 2.99. The van der Waals surface area contributed by atoms with Crippen LogP contribution in [0, 0.1) is 13.8 Å². The van der Waals surface area contributed by atoms with Crippen molar-refractivity contribution in [2.75, 3.05) is 0 Å². The first-order valence-electron chi connectivity index (χ1n) is 7.86. The summed E-state index contributed by atoms with van der Waals surface area (Å²) in [6, 6.07) is 4.15. The Balaban J connectivity index is 1.56. The maximum atomic E-state index is 4.76. The van der Waals surface area contributed by atoms with E-state index < -0.39 is 0 Å². The van der Waals surface area contributed by atoms with Crippen molar-refractivity contribution in [3.63, 3.8) is 0 Å². The highest BCUT2D eigenvalue weighted by molar-refractivity contribution is 7.13. The summed E-state index contributed by atoms with van der Waals surface area (Å²) in [6.07, 6.45) is 5.50. The van der Waals surface area contributed by atoms with E-state index >= 15 is 0 Å². The summed E-state index contributed by atoms with van der Waals surface area (Å²) in [4.78, 5) is 14.9. The molecule has 0 unspecified atom stereocenters. The Kier molecular flexibility index (Phi) is 3.65. The molecule has 0 atom stereocenters. The van der Waals surface area contributed by atoms with Gasteiger partial charge in [-0.05, 0) is 31.7 Å². The number of imidazole rings is 1. The zero-order valence-electron chi connectivity index (χ0n) is 13.9. The molecule has 0 aliphatic rings. The van der Waals surface area contributed by atoms with Crippen LogP contribution in [0.2, 0.25) is 0 Å². The second-order valence-electron chi connectivity index (χ2n) is 5.89. The summed E-state index contributed by atoms with van der Waals surface area (Å²) < 4.78 is 3.95. The minimum Gasteiger partial charge on any atom is -0.333 e. The van der Waals surface area contributed by atoms with Gasteiger partial charge in [0.15, 0.2) is 11.5 Å². The third-order valence-electron chi connectivity index (χ3n) is 4.03. The quantitative estimate of drug-likeness (QED) is 0.574. The van der Waals surface area contributed by atoms with E-state index in [1.807, 2.05) is 37.7 Å². The van der Waals surface area contributed by atoms with E-state index in [0.29, 0.717) is 0 Å². The van der Waals surface area contributed by atoms with Crippen molar-refractivity contribution in [3.8, 4) is 10.7 Å². The third kappa shape index (κ3) is 2.60. The Morgan fingerprint density at radius 3 is 2.79 bits per heavy atom. The molecule has 0 saturated heterocycles. The van der Waals surface area contributed by atoms with Crippen LogP contribution in [-0.2, 0) is 19.9 Å². The van der Waals surface area contributed by atoms with Crippen LogP contribution < -0.4 is 0 Å². The van der Waals surface area contributed by atoms with Crippen LogP contribution in [0.3, 0.4) is 0 Å². The van der Waals surface area contributed by atoms with Crippen LogP contribution in [0.15, 0.2) is 29.9 Å². The summed E-state index contributed by atoms with van der Waals surface area (Å²) in [5, 5.41) is 6.67. The Hall–Kier alpha value is -2.54. The van der Waals surface area contributed by atoms with Gasteiger partial charge in [-0.15, -0.1) is 11.3 Å². The second-order valence-corrected chi connectivity index (χ2v) is 6.84. The summed E-state index contributed by atoms with van der Waals surface area (Å²) in [5.74, 6) is 1.84. The predicted molar refractivity (Wildman–Crippen MR) is 94.2 cm³/mol. The highest BCUT2D eigenvalue weighted by atomic mass is 32.1. The summed E-state index contributed by atoms with van der Waals surface area (Å²) >= 11 is 1.71. The van der Waals surface area contributed by atoms with E-state index in [1.165, 1.54) is 4.88 Å². The zero-order valence-corrected chi connectivity index (χ0v) is 14.7. The normalized spacial score (nSPS) is 11.5. The van der Waals surface area contributed by atoms with Gasteiger partial charge >= 0.3 is 0 Å². The molecule has 4 heterocycles. The molecule has 0 fully saturated rings. The van der Waals surface area contributed by atoms with Crippen molar-refractivity contribution in [1.82, 2.24) is 29.1 Å². The Labute approximate surface area is 143 Å². The highest BCUT2D eigenvalue weighted by Crippen LogP contribution is 2.23. The monoisotopic (exact) mass is 338 g/mol. The molecule has 24 heavy (non-hydrogen) atoms. The fraction of sp³-hybridized carbons (Fsp3) is 0.294. The lowest BCUT2D eigenvalue weighted by Gasteiger charge is -1.97. The number of hydrogen-bond acceptors (Lipinski definition) is 5. The first-order chi connectivity index (χ1) is 11.6. The molecule has 0 N–H and O–H groups in total. The molecule has 0 aliphatic carbocycles. The lowest BCUT2D eigenvalue weighted by Crippen LogP contribution is -1.98. The smallest absolute Gasteiger partial charge is 0.177 e. The first-order valence-corrected chi connectivity index (χ1v) is 8.74. The molecule has 0 spiro atoms. The van der Waals surface area contributed by atoms with Gasteiger partial charge < -0.3 is 4.57 Å². The van der Waals surface area contributed by atoms with Gasteiger partial charge in [0.2, 0.25) is 0 Å². The molecule has 0 radical (unpaired) electrons. The van der Waals surface area contributed by atoms with Crippen LogP contribution in [0.1, 0.15) is 22.9 Å². The first kappa shape index (κ1) is 15.0. The van der Waals surface area contributed by atoms with Gasteiger partial charge in [0.1, 0.15) is 5.82 Å². The third-order valence-corrected chi connectivity index (χ3v) is 4.89. The van der Waals surface area contributed by atoms with E-state index in [9.17, 15) is 0 Å². The Morgan fingerprint density at radius 1 is 1.17 bits per heavy atom. The Morgan fingerprint density at radius 2 is 2.04 bits per heavy atom. The second kappa shape index (κ2) is 5.83. The van der Waals surface area contributed by atoms with Crippen molar-refractivity contribution in [3.05, 3.63) is 52.8 Å². The van der Waals surface area contributed by atoms with E-state index in [-0.39, 0.29) is 0 Å². The standard InChI is InChI=1S/C17H18N6S/c1-11-9-18-12(2)16-20-15(21-23(11)16)7-6-13-10-22(3)17(19-13)14-5-4-8-24-14/h4-5,8-10H,6-7H2,1-3H3. The number of rotatable bonds is 4. The molecule has 4 rings (SSSR count). The van der Waals surface area contributed by atoms with Crippen molar-refractivity contribution in [2.45, 2.75) is 26.7 Å². The van der Waals surface area contributed by atoms with Gasteiger partial charge in [-0.3, -0.25) is 4.98 Å². The maximum absolute atomic E-state index is 4.76. The van der Waals surface area contributed by atoms with Gasteiger partial charge in [-0.25, -0.2) is 14.5 Å². The molecular formula is C17H18N6S. The van der Waals surface area contributed by atoms with Gasteiger partial charge in [0, 0.05) is 25.9 Å². The molecule has 7 heteroatoms. The molecule has 4 aromatic rings. The van der Waals surface area contributed by atoms with Gasteiger partial charge in [-0.2, -0.15) is 5.10 Å². The average Bonchev–Trinajstić information content (AvgIpc) is 3.28. The maximum Gasteiger partial charge on any atom is 0.177 e. The molecule has 0 aromatic carbocycles. The SMILES string of the molecule is Cc1ncc(C)n2nc(CCc3cn(C)c(-c4cccs4)n3)nc12. The van der Waals surface area contributed by atoms with E-state index in [1.54, 1.807) is 11.3 Å². The number of fused-ring (bicyclic) bond motifs is 1. The van der Waals surface area contributed by atoms with Gasteiger partial charge in [-0.1, -0.05) is 6.07 Å². The van der Waals surface area contributed by atoms with Crippen LogP contribution in [-0.4, -0.2) is 29.1 Å². The van der Waals surface area contributed by atoms with Crippen LogP contribution in [0.5, 0.6) is 0 Å². The van der Waals surface area contributed by atoms with E-state index in [2.05, 4.69) is 37.3 Å². The van der Waals surface area contributed by atoms with E-state index in [0.717, 1.165) is 47.2 Å². The number of hydrogen-bond donors (Lipinski definition) is 0. The molecule has 0 saturated carbocycles. The summed E-state index contributed by atoms with van der Waals surface area (Å²) in [5.41, 5.74) is 3.79. The molecule has 6 nitrogen and oxygen atoms in total. The lowest BCUT2D eigenvalue weighted by molar-refractivity contribution is 0.808. The largest absolute Gasteiger partial charge is 0.333 e. The Bertz CT molecular complexity index is 957. The topological polar surface area (TPSA) is 60.9 Å². The summed E-state index contributed by atoms with van der Waals surface area (Å²) in [7, 11) is 2.03. The highest BCUT2D eigenvalue weighted by Gasteiger charge is 2.12. The van der Waals surface area contributed by atoms with Crippen molar-refractivity contribution < 1.29 is 0 Å². The average molecular weight is 338 g/mol. The van der Waals surface area contributed by atoms with E-state index in [4.69, 9.17) is 4.98 Å². The van der Waals surface area contributed by atoms with Gasteiger partial charge in [0.05, 0.1) is 22.0 Å². The fourth-order valence-corrected chi connectivity index (χ4v) is 3.52.